The molecule has 2 N–H and O–H groups in total. The van der Waals surface area contributed by atoms with E-state index in [0.29, 0.717) is 22.3 Å². The summed E-state index contributed by atoms with van der Waals surface area (Å²) in [4.78, 5) is 15.9. The summed E-state index contributed by atoms with van der Waals surface area (Å²) in [5.74, 6) is 1.13. The first kappa shape index (κ1) is 12.2. The van der Waals surface area contributed by atoms with Crippen LogP contribution >= 0.6 is 11.6 Å². The lowest BCUT2D eigenvalue weighted by Gasteiger charge is -2.25. The Morgan fingerprint density at radius 1 is 1.59 bits per heavy atom. The molecular weight excluding hydrogens is 238 g/mol. The van der Waals surface area contributed by atoms with Gasteiger partial charge in [0.1, 0.15) is 5.82 Å². The van der Waals surface area contributed by atoms with Crippen molar-refractivity contribution in [1.82, 2.24) is 10.3 Å². The van der Waals surface area contributed by atoms with E-state index in [-0.39, 0.29) is 5.91 Å². The zero-order valence-corrected chi connectivity index (χ0v) is 10.5. The van der Waals surface area contributed by atoms with Crippen LogP contribution in [0.1, 0.15) is 29.6 Å². The Balaban J connectivity index is 1.95. The fraction of sp³-hybridized carbons (Fsp3) is 0.500. The molecule has 1 aliphatic carbocycles. The molecule has 0 bridgehead atoms. The maximum Gasteiger partial charge on any atom is 0.252 e. The zero-order chi connectivity index (χ0) is 12.3. The summed E-state index contributed by atoms with van der Waals surface area (Å²) in [6, 6.07) is 1.64. The van der Waals surface area contributed by atoms with Crippen molar-refractivity contribution in [2.45, 2.75) is 19.3 Å². The van der Waals surface area contributed by atoms with Crippen LogP contribution in [0.3, 0.4) is 0 Å². The predicted molar refractivity (Wildman–Crippen MR) is 68.5 cm³/mol. The predicted octanol–water partition coefficient (Wildman–Crippen LogP) is 2.31. The van der Waals surface area contributed by atoms with Crippen LogP contribution in [0.15, 0.2) is 12.3 Å². The molecule has 1 fully saturated rings. The van der Waals surface area contributed by atoms with Gasteiger partial charge in [-0.15, -0.1) is 0 Å². The second-order valence-electron chi connectivity index (χ2n) is 4.31. The molecule has 1 aromatic heterocycles. The minimum Gasteiger partial charge on any atom is -0.372 e. The monoisotopic (exact) mass is 253 g/mol. The number of hydrogen-bond donors (Lipinski definition) is 2. The summed E-state index contributed by atoms with van der Waals surface area (Å²) in [5, 5.41) is 6.22. The maximum absolute atomic E-state index is 11.8. The highest BCUT2D eigenvalue weighted by molar-refractivity contribution is 6.33. The molecule has 2 rings (SSSR count). The highest BCUT2D eigenvalue weighted by Crippen LogP contribution is 2.25. The van der Waals surface area contributed by atoms with Crippen LogP contribution in [0, 0.1) is 5.92 Å². The van der Waals surface area contributed by atoms with Gasteiger partial charge in [0.25, 0.3) is 5.91 Å². The quantitative estimate of drug-likeness (QED) is 0.866. The number of halogens is 1. The summed E-state index contributed by atoms with van der Waals surface area (Å²) < 4.78 is 0. The number of rotatable bonds is 4. The van der Waals surface area contributed by atoms with Crippen LogP contribution in [-0.4, -0.2) is 24.5 Å². The Hall–Kier alpha value is -1.29. The second kappa shape index (κ2) is 5.36. The van der Waals surface area contributed by atoms with Crippen molar-refractivity contribution in [3.8, 4) is 0 Å². The van der Waals surface area contributed by atoms with Gasteiger partial charge >= 0.3 is 0 Å². The SMILES string of the molecule is CNc1ncc(C(=O)NCC2CCC2)cc1Cl. The lowest BCUT2D eigenvalue weighted by atomic mass is 9.85. The topological polar surface area (TPSA) is 54.0 Å². The Bertz CT molecular complexity index is 418. The average molecular weight is 254 g/mol. The second-order valence-corrected chi connectivity index (χ2v) is 4.72. The highest BCUT2D eigenvalue weighted by Gasteiger charge is 2.18. The molecule has 0 spiro atoms. The van der Waals surface area contributed by atoms with E-state index < -0.39 is 0 Å². The van der Waals surface area contributed by atoms with Crippen molar-refractivity contribution in [3.63, 3.8) is 0 Å². The number of anilines is 1. The molecule has 0 radical (unpaired) electrons. The van der Waals surface area contributed by atoms with Crippen LogP contribution in [-0.2, 0) is 0 Å². The molecule has 4 nitrogen and oxygen atoms in total. The van der Waals surface area contributed by atoms with Crippen LogP contribution in [0.4, 0.5) is 5.82 Å². The van der Waals surface area contributed by atoms with Gasteiger partial charge in [-0.3, -0.25) is 4.79 Å². The van der Waals surface area contributed by atoms with E-state index in [1.165, 1.54) is 25.5 Å². The van der Waals surface area contributed by atoms with E-state index in [9.17, 15) is 4.79 Å². The fourth-order valence-corrected chi connectivity index (χ4v) is 2.04. The zero-order valence-electron chi connectivity index (χ0n) is 9.79. The number of hydrogen-bond acceptors (Lipinski definition) is 3. The van der Waals surface area contributed by atoms with Crippen molar-refractivity contribution < 1.29 is 4.79 Å². The average Bonchev–Trinajstić information content (AvgIpc) is 2.26. The molecule has 1 aliphatic rings. The lowest BCUT2D eigenvalue weighted by Crippen LogP contribution is -2.32. The minimum absolute atomic E-state index is 0.103. The van der Waals surface area contributed by atoms with Gasteiger partial charge in [0.15, 0.2) is 0 Å². The molecule has 0 saturated heterocycles. The van der Waals surface area contributed by atoms with E-state index in [1.54, 1.807) is 13.1 Å². The van der Waals surface area contributed by atoms with Crippen LogP contribution < -0.4 is 10.6 Å². The van der Waals surface area contributed by atoms with Gasteiger partial charge in [-0.2, -0.15) is 0 Å². The van der Waals surface area contributed by atoms with E-state index >= 15 is 0 Å². The summed E-state index contributed by atoms with van der Waals surface area (Å²) >= 11 is 5.97. The lowest BCUT2D eigenvalue weighted by molar-refractivity contribution is 0.0939. The summed E-state index contributed by atoms with van der Waals surface area (Å²) in [6.45, 7) is 0.754. The van der Waals surface area contributed by atoms with E-state index in [0.717, 1.165) is 6.54 Å². The number of amides is 1. The van der Waals surface area contributed by atoms with E-state index in [2.05, 4.69) is 15.6 Å². The Labute approximate surface area is 106 Å². The Morgan fingerprint density at radius 3 is 2.88 bits per heavy atom. The summed E-state index contributed by atoms with van der Waals surface area (Å²) in [5.41, 5.74) is 0.508. The normalized spacial score (nSPS) is 15.2. The maximum atomic E-state index is 11.8. The summed E-state index contributed by atoms with van der Waals surface area (Å²) in [6.07, 6.45) is 5.26. The third-order valence-electron chi connectivity index (χ3n) is 3.12. The number of aromatic nitrogens is 1. The van der Waals surface area contributed by atoms with Gasteiger partial charge in [-0.1, -0.05) is 18.0 Å². The van der Waals surface area contributed by atoms with Crippen LogP contribution in [0.2, 0.25) is 5.02 Å². The fourth-order valence-electron chi connectivity index (χ4n) is 1.78. The Morgan fingerprint density at radius 2 is 2.35 bits per heavy atom. The number of carbonyl (C=O) groups is 1. The first-order valence-corrected chi connectivity index (χ1v) is 6.20. The van der Waals surface area contributed by atoms with E-state index in [1.807, 2.05) is 0 Å². The van der Waals surface area contributed by atoms with Crippen molar-refractivity contribution in [2.24, 2.45) is 5.92 Å². The first-order chi connectivity index (χ1) is 8.20. The highest BCUT2D eigenvalue weighted by atomic mass is 35.5. The third kappa shape index (κ3) is 2.88. The molecule has 17 heavy (non-hydrogen) atoms. The molecule has 1 heterocycles. The molecule has 1 amide bonds. The molecule has 1 saturated carbocycles. The van der Waals surface area contributed by atoms with E-state index in [4.69, 9.17) is 11.6 Å². The number of carbonyl (C=O) groups excluding carboxylic acids is 1. The first-order valence-electron chi connectivity index (χ1n) is 5.82. The smallest absolute Gasteiger partial charge is 0.252 e. The van der Waals surface area contributed by atoms with Gasteiger partial charge in [0.05, 0.1) is 10.6 Å². The largest absolute Gasteiger partial charge is 0.372 e. The molecule has 0 aromatic carbocycles. The van der Waals surface area contributed by atoms with Gasteiger partial charge in [0.2, 0.25) is 0 Å². The van der Waals surface area contributed by atoms with Crippen molar-refractivity contribution in [2.75, 3.05) is 18.9 Å². The van der Waals surface area contributed by atoms with Gasteiger partial charge in [-0.05, 0) is 24.8 Å². The number of nitrogens with one attached hydrogen (secondary N) is 2. The third-order valence-corrected chi connectivity index (χ3v) is 3.40. The van der Waals surface area contributed by atoms with Crippen molar-refractivity contribution in [3.05, 3.63) is 22.8 Å². The minimum atomic E-state index is -0.103. The molecule has 0 unspecified atom stereocenters. The molecule has 5 heteroatoms. The summed E-state index contributed by atoms with van der Waals surface area (Å²) in [7, 11) is 1.74. The van der Waals surface area contributed by atoms with Crippen molar-refractivity contribution >= 4 is 23.3 Å². The molecule has 1 aromatic rings. The standard InChI is InChI=1S/C12H16ClN3O/c1-14-11-10(13)5-9(7-15-11)12(17)16-6-8-3-2-4-8/h5,7-8H,2-4,6H2,1H3,(H,14,15)(H,16,17). The number of nitrogens with zero attached hydrogens (tertiary/aromatic N) is 1. The van der Waals surface area contributed by atoms with Crippen molar-refractivity contribution in [1.29, 1.82) is 0 Å². The number of pyridine rings is 1. The molecule has 0 atom stereocenters. The molecule has 92 valence electrons. The molecule has 0 aliphatic heterocycles. The van der Waals surface area contributed by atoms with Gasteiger partial charge < -0.3 is 10.6 Å². The van der Waals surface area contributed by atoms with Gasteiger partial charge in [-0.25, -0.2) is 4.98 Å². The van der Waals surface area contributed by atoms with Crippen LogP contribution in [0.5, 0.6) is 0 Å². The van der Waals surface area contributed by atoms with Gasteiger partial charge in [0, 0.05) is 19.8 Å². The van der Waals surface area contributed by atoms with Crippen LogP contribution in [0.25, 0.3) is 0 Å². The Kier molecular flexibility index (Phi) is 3.84. The molecular formula is C12H16ClN3O.